The van der Waals surface area contributed by atoms with Crippen molar-refractivity contribution in [2.45, 2.75) is 46.6 Å². The first-order valence-corrected chi connectivity index (χ1v) is 8.59. The summed E-state index contributed by atoms with van der Waals surface area (Å²) in [5, 5.41) is 8.09. The number of carbonyl (C=O) groups excluding carboxylic acids is 3. The lowest BCUT2D eigenvalue weighted by Crippen LogP contribution is -2.50. The summed E-state index contributed by atoms with van der Waals surface area (Å²) in [4.78, 5) is 35.9. The molecule has 0 radical (unpaired) electrons. The molecule has 138 valence electrons. The SMILES string of the molecule is CCC(=O)N[C@@H](Cc1ccccc1)C(=O)NCC(=O)NCC(C)(C)C. The van der Waals surface area contributed by atoms with Crippen LogP contribution in [-0.2, 0) is 20.8 Å². The minimum Gasteiger partial charge on any atom is -0.354 e. The van der Waals surface area contributed by atoms with Gasteiger partial charge in [-0.05, 0) is 11.0 Å². The number of hydrogen-bond acceptors (Lipinski definition) is 3. The standard InChI is InChI=1S/C19H29N3O3/c1-5-16(23)22-15(11-14-9-7-6-8-10-14)18(25)20-12-17(24)21-13-19(2,3)4/h6-10,15H,5,11-13H2,1-4H3,(H,20,25)(H,21,24)(H,22,23)/t15-/m0/s1. The van der Waals surface area contributed by atoms with Gasteiger partial charge in [-0.3, -0.25) is 14.4 Å². The molecule has 3 amide bonds. The van der Waals surface area contributed by atoms with Crippen LogP contribution in [0.15, 0.2) is 30.3 Å². The fourth-order valence-electron chi connectivity index (χ4n) is 2.07. The Bertz CT molecular complexity index is 579. The van der Waals surface area contributed by atoms with E-state index in [-0.39, 0.29) is 29.7 Å². The molecule has 0 saturated heterocycles. The van der Waals surface area contributed by atoms with Gasteiger partial charge in [-0.2, -0.15) is 0 Å². The van der Waals surface area contributed by atoms with Crippen LogP contribution in [0, 0.1) is 5.41 Å². The highest BCUT2D eigenvalue weighted by Crippen LogP contribution is 2.09. The molecule has 1 aromatic rings. The van der Waals surface area contributed by atoms with Crippen molar-refractivity contribution in [1.82, 2.24) is 16.0 Å². The van der Waals surface area contributed by atoms with Gasteiger partial charge in [0.1, 0.15) is 6.04 Å². The zero-order valence-electron chi connectivity index (χ0n) is 15.5. The third-order valence-electron chi connectivity index (χ3n) is 3.49. The molecule has 3 N–H and O–H groups in total. The quantitative estimate of drug-likeness (QED) is 0.664. The van der Waals surface area contributed by atoms with Crippen molar-refractivity contribution in [3.05, 3.63) is 35.9 Å². The Hall–Kier alpha value is -2.37. The first-order chi connectivity index (χ1) is 11.7. The van der Waals surface area contributed by atoms with Gasteiger partial charge in [0.2, 0.25) is 17.7 Å². The Kier molecular flexibility index (Phi) is 8.11. The average molecular weight is 347 g/mol. The first-order valence-electron chi connectivity index (χ1n) is 8.59. The van der Waals surface area contributed by atoms with E-state index in [4.69, 9.17) is 0 Å². The molecular weight excluding hydrogens is 318 g/mol. The van der Waals surface area contributed by atoms with Crippen LogP contribution in [0.2, 0.25) is 0 Å². The zero-order chi connectivity index (χ0) is 18.9. The van der Waals surface area contributed by atoms with Crippen LogP contribution in [-0.4, -0.2) is 36.9 Å². The van der Waals surface area contributed by atoms with Crippen LogP contribution in [0.25, 0.3) is 0 Å². The van der Waals surface area contributed by atoms with Crippen molar-refractivity contribution in [2.24, 2.45) is 5.41 Å². The number of rotatable bonds is 8. The summed E-state index contributed by atoms with van der Waals surface area (Å²) in [6.45, 7) is 8.20. The Morgan fingerprint density at radius 2 is 1.64 bits per heavy atom. The summed E-state index contributed by atoms with van der Waals surface area (Å²) < 4.78 is 0. The molecule has 0 aromatic heterocycles. The first kappa shape index (κ1) is 20.7. The monoisotopic (exact) mass is 347 g/mol. The number of benzene rings is 1. The minimum absolute atomic E-state index is 0.0232. The second kappa shape index (κ2) is 9.81. The van der Waals surface area contributed by atoms with Gasteiger partial charge >= 0.3 is 0 Å². The van der Waals surface area contributed by atoms with Gasteiger partial charge in [-0.1, -0.05) is 58.0 Å². The van der Waals surface area contributed by atoms with Crippen molar-refractivity contribution in [3.63, 3.8) is 0 Å². The van der Waals surface area contributed by atoms with Crippen molar-refractivity contribution >= 4 is 17.7 Å². The van der Waals surface area contributed by atoms with Gasteiger partial charge in [0.25, 0.3) is 0 Å². The molecule has 0 saturated carbocycles. The Morgan fingerprint density at radius 3 is 2.20 bits per heavy atom. The number of carbonyl (C=O) groups is 3. The van der Waals surface area contributed by atoms with E-state index in [1.54, 1.807) is 6.92 Å². The molecular formula is C19H29N3O3. The maximum absolute atomic E-state index is 12.4. The van der Waals surface area contributed by atoms with Gasteiger partial charge < -0.3 is 16.0 Å². The molecule has 0 unspecified atom stereocenters. The molecule has 0 spiro atoms. The minimum atomic E-state index is -0.703. The highest BCUT2D eigenvalue weighted by Gasteiger charge is 2.21. The van der Waals surface area contributed by atoms with E-state index in [1.807, 2.05) is 51.1 Å². The molecule has 0 fully saturated rings. The fourth-order valence-corrected chi connectivity index (χ4v) is 2.07. The van der Waals surface area contributed by atoms with E-state index >= 15 is 0 Å². The van der Waals surface area contributed by atoms with Crippen LogP contribution in [0.1, 0.15) is 39.7 Å². The van der Waals surface area contributed by atoms with E-state index in [0.717, 1.165) is 5.56 Å². The maximum Gasteiger partial charge on any atom is 0.243 e. The average Bonchev–Trinajstić information content (AvgIpc) is 2.57. The molecule has 0 aliphatic rings. The second-order valence-corrected chi connectivity index (χ2v) is 7.22. The lowest BCUT2D eigenvalue weighted by molar-refractivity contribution is -0.130. The Morgan fingerprint density at radius 1 is 1.00 bits per heavy atom. The van der Waals surface area contributed by atoms with Crippen molar-refractivity contribution in [3.8, 4) is 0 Å². The number of amides is 3. The normalized spacial score (nSPS) is 12.2. The summed E-state index contributed by atoms with van der Waals surface area (Å²) >= 11 is 0. The fraction of sp³-hybridized carbons (Fsp3) is 0.526. The van der Waals surface area contributed by atoms with E-state index in [2.05, 4.69) is 16.0 Å². The summed E-state index contributed by atoms with van der Waals surface area (Å²) in [5.41, 5.74) is 0.918. The third kappa shape index (κ3) is 8.88. The molecule has 6 nitrogen and oxygen atoms in total. The van der Waals surface area contributed by atoms with E-state index in [1.165, 1.54) is 0 Å². The molecule has 0 heterocycles. The number of hydrogen-bond donors (Lipinski definition) is 3. The van der Waals surface area contributed by atoms with E-state index < -0.39 is 6.04 Å². The topological polar surface area (TPSA) is 87.3 Å². The van der Waals surface area contributed by atoms with Crippen LogP contribution < -0.4 is 16.0 Å². The van der Waals surface area contributed by atoms with Gasteiger partial charge in [-0.25, -0.2) is 0 Å². The summed E-state index contributed by atoms with van der Waals surface area (Å²) in [6.07, 6.45) is 0.673. The van der Waals surface area contributed by atoms with E-state index in [0.29, 0.717) is 19.4 Å². The van der Waals surface area contributed by atoms with Gasteiger partial charge in [-0.15, -0.1) is 0 Å². The Labute approximate surface area is 149 Å². The molecule has 0 aliphatic heterocycles. The van der Waals surface area contributed by atoms with Crippen LogP contribution in [0.3, 0.4) is 0 Å². The summed E-state index contributed by atoms with van der Waals surface area (Å²) in [7, 11) is 0. The largest absolute Gasteiger partial charge is 0.354 e. The number of nitrogens with one attached hydrogen (secondary N) is 3. The lowest BCUT2D eigenvalue weighted by atomic mass is 9.97. The molecule has 0 bridgehead atoms. The Balaban J connectivity index is 2.60. The van der Waals surface area contributed by atoms with Crippen molar-refractivity contribution < 1.29 is 14.4 Å². The second-order valence-electron chi connectivity index (χ2n) is 7.22. The molecule has 1 rings (SSSR count). The molecule has 1 aromatic carbocycles. The summed E-state index contributed by atoms with van der Waals surface area (Å²) in [6, 6.07) is 8.74. The molecule has 25 heavy (non-hydrogen) atoms. The van der Waals surface area contributed by atoms with Crippen molar-refractivity contribution in [1.29, 1.82) is 0 Å². The van der Waals surface area contributed by atoms with E-state index in [9.17, 15) is 14.4 Å². The maximum atomic E-state index is 12.4. The highest BCUT2D eigenvalue weighted by molar-refractivity contribution is 5.90. The van der Waals surface area contributed by atoms with Gasteiger partial charge in [0, 0.05) is 19.4 Å². The summed E-state index contributed by atoms with van der Waals surface area (Å²) in [5.74, 6) is -0.812. The van der Waals surface area contributed by atoms with Crippen LogP contribution in [0.4, 0.5) is 0 Å². The smallest absolute Gasteiger partial charge is 0.243 e. The predicted molar refractivity (Wildman–Crippen MR) is 97.8 cm³/mol. The third-order valence-corrected chi connectivity index (χ3v) is 3.49. The van der Waals surface area contributed by atoms with Gasteiger partial charge in [0.05, 0.1) is 6.54 Å². The lowest BCUT2D eigenvalue weighted by Gasteiger charge is -2.20. The molecule has 1 atom stereocenters. The molecule has 6 heteroatoms. The van der Waals surface area contributed by atoms with Crippen LogP contribution in [0.5, 0.6) is 0 Å². The van der Waals surface area contributed by atoms with Crippen LogP contribution >= 0.6 is 0 Å². The molecule has 0 aliphatic carbocycles. The highest BCUT2D eigenvalue weighted by atomic mass is 16.2. The predicted octanol–water partition coefficient (Wildman–Crippen LogP) is 1.40. The zero-order valence-corrected chi connectivity index (χ0v) is 15.5. The van der Waals surface area contributed by atoms with Gasteiger partial charge in [0.15, 0.2) is 0 Å². The van der Waals surface area contributed by atoms with Crippen molar-refractivity contribution in [2.75, 3.05) is 13.1 Å².